The molecule has 3 heteroatoms. The van der Waals surface area contributed by atoms with Crippen LogP contribution >= 0.6 is 11.5 Å². The van der Waals surface area contributed by atoms with Gasteiger partial charge in [-0.05, 0) is 43.3 Å². The SMILES string of the molecule is Cc1cc(C(=O)CC2CC2)sn1. The second kappa shape index (κ2) is 2.98. The third-order valence-corrected chi connectivity index (χ3v) is 3.00. The summed E-state index contributed by atoms with van der Waals surface area (Å²) in [5.41, 5.74) is 0.958. The molecule has 1 heterocycles. The number of rotatable bonds is 3. The Kier molecular flexibility index (Phi) is 1.97. The first-order chi connectivity index (χ1) is 5.75. The summed E-state index contributed by atoms with van der Waals surface area (Å²) >= 11 is 1.33. The van der Waals surface area contributed by atoms with E-state index in [4.69, 9.17) is 0 Å². The molecule has 2 nitrogen and oxygen atoms in total. The highest BCUT2D eigenvalue weighted by Crippen LogP contribution is 2.33. The van der Waals surface area contributed by atoms with Crippen molar-refractivity contribution in [2.75, 3.05) is 0 Å². The number of carbonyl (C=O) groups excluding carboxylic acids is 1. The Balaban J connectivity index is 2.03. The van der Waals surface area contributed by atoms with E-state index in [0.717, 1.165) is 17.0 Å². The molecule has 2 rings (SSSR count). The molecule has 0 aliphatic heterocycles. The van der Waals surface area contributed by atoms with Gasteiger partial charge in [0.2, 0.25) is 0 Å². The summed E-state index contributed by atoms with van der Waals surface area (Å²) in [7, 11) is 0. The van der Waals surface area contributed by atoms with Crippen molar-refractivity contribution in [2.45, 2.75) is 26.2 Å². The fourth-order valence-corrected chi connectivity index (χ4v) is 1.88. The number of nitrogens with zero attached hydrogens (tertiary/aromatic N) is 1. The minimum absolute atomic E-state index is 0.281. The van der Waals surface area contributed by atoms with E-state index >= 15 is 0 Å². The predicted molar refractivity (Wildman–Crippen MR) is 48.5 cm³/mol. The van der Waals surface area contributed by atoms with Gasteiger partial charge in [0.05, 0.1) is 10.6 Å². The van der Waals surface area contributed by atoms with Gasteiger partial charge in [-0.15, -0.1) is 0 Å². The van der Waals surface area contributed by atoms with Crippen LogP contribution in [0.15, 0.2) is 6.07 Å². The Morgan fingerprint density at radius 1 is 1.75 bits per heavy atom. The zero-order valence-electron chi connectivity index (χ0n) is 7.04. The third-order valence-electron chi connectivity index (χ3n) is 2.07. The molecule has 0 amide bonds. The molecule has 1 aromatic rings. The van der Waals surface area contributed by atoms with Crippen molar-refractivity contribution in [3.8, 4) is 0 Å². The Hall–Kier alpha value is -0.700. The number of aromatic nitrogens is 1. The van der Waals surface area contributed by atoms with Crippen LogP contribution in [-0.2, 0) is 0 Å². The van der Waals surface area contributed by atoms with Gasteiger partial charge >= 0.3 is 0 Å². The molecule has 1 aliphatic rings. The smallest absolute Gasteiger partial charge is 0.174 e. The molecule has 12 heavy (non-hydrogen) atoms. The van der Waals surface area contributed by atoms with Gasteiger partial charge in [-0.25, -0.2) is 0 Å². The molecule has 0 bridgehead atoms. The summed E-state index contributed by atoms with van der Waals surface area (Å²) in [4.78, 5) is 12.3. The number of aryl methyl sites for hydroxylation is 1. The maximum atomic E-state index is 11.5. The minimum Gasteiger partial charge on any atom is -0.293 e. The van der Waals surface area contributed by atoms with Gasteiger partial charge in [-0.3, -0.25) is 4.79 Å². The molecule has 0 aromatic carbocycles. The van der Waals surface area contributed by atoms with Crippen LogP contribution in [0.25, 0.3) is 0 Å². The molecule has 1 fully saturated rings. The maximum Gasteiger partial charge on any atom is 0.174 e. The van der Waals surface area contributed by atoms with Gasteiger partial charge in [0.15, 0.2) is 5.78 Å². The van der Waals surface area contributed by atoms with Crippen LogP contribution in [0.3, 0.4) is 0 Å². The summed E-state index contributed by atoms with van der Waals surface area (Å²) in [6.07, 6.45) is 3.22. The fourth-order valence-electron chi connectivity index (χ4n) is 1.18. The first-order valence-corrected chi connectivity index (χ1v) is 4.99. The van der Waals surface area contributed by atoms with E-state index in [0.29, 0.717) is 5.92 Å². The Morgan fingerprint density at radius 2 is 2.50 bits per heavy atom. The van der Waals surface area contributed by atoms with Crippen LogP contribution in [-0.4, -0.2) is 10.2 Å². The van der Waals surface area contributed by atoms with E-state index in [9.17, 15) is 4.79 Å². The quantitative estimate of drug-likeness (QED) is 0.670. The summed E-state index contributed by atoms with van der Waals surface area (Å²) in [6, 6.07) is 1.88. The highest BCUT2D eigenvalue weighted by atomic mass is 32.1. The highest BCUT2D eigenvalue weighted by Gasteiger charge is 2.25. The molecule has 0 atom stereocenters. The summed E-state index contributed by atoms with van der Waals surface area (Å²) in [5.74, 6) is 0.961. The van der Waals surface area contributed by atoms with E-state index in [1.165, 1.54) is 24.4 Å². The van der Waals surface area contributed by atoms with Crippen molar-refractivity contribution >= 4 is 17.3 Å². The lowest BCUT2D eigenvalue weighted by atomic mass is 10.2. The van der Waals surface area contributed by atoms with Crippen LogP contribution in [0.4, 0.5) is 0 Å². The van der Waals surface area contributed by atoms with Crippen LogP contribution < -0.4 is 0 Å². The number of hydrogen-bond acceptors (Lipinski definition) is 3. The molecule has 0 spiro atoms. The van der Waals surface area contributed by atoms with Crippen LogP contribution in [0.1, 0.15) is 34.6 Å². The first-order valence-electron chi connectivity index (χ1n) is 4.22. The molecule has 1 aromatic heterocycles. The molecule has 64 valence electrons. The largest absolute Gasteiger partial charge is 0.293 e. The molecule has 1 saturated carbocycles. The summed E-state index contributed by atoms with van der Waals surface area (Å²) in [6.45, 7) is 1.92. The maximum absolute atomic E-state index is 11.5. The summed E-state index contributed by atoms with van der Waals surface area (Å²) < 4.78 is 4.09. The molecule has 0 saturated heterocycles. The second-order valence-corrected chi connectivity index (χ2v) is 4.21. The third kappa shape index (κ3) is 1.72. The van der Waals surface area contributed by atoms with Crippen LogP contribution in [0.5, 0.6) is 0 Å². The molecule has 0 radical (unpaired) electrons. The van der Waals surface area contributed by atoms with E-state index in [1.54, 1.807) is 0 Å². The van der Waals surface area contributed by atoms with E-state index in [2.05, 4.69) is 4.37 Å². The zero-order chi connectivity index (χ0) is 8.55. The topological polar surface area (TPSA) is 30.0 Å². The molecular formula is C9H11NOS. The van der Waals surface area contributed by atoms with E-state index in [1.807, 2.05) is 13.0 Å². The highest BCUT2D eigenvalue weighted by molar-refractivity contribution is 7.08. The molecular weight excluding hydrogens is 170 g/mol. The van der Waals surface area contributed by atoms with E-state index in [-0.39, 0.29) is 5.78 Å². The number of Topliss-reactive ketones (excluding diaryl/α,β-unsaturated/α-hetero) is 1. The van der Waals surface area contributed by atoms with Gasteiger partial charge in [0, 0.05) is 6.42 Å². The van der Waals surface area contributed by atoms with Crippen molar-refractivity contribution in [1.82, 2.24) is 4.37 Å². The normalized spacial score (nSPS) is 16.4. The minimum atomic E-state index is 0.281. The van der Waals surface area contributed by atoms with Crippen LogP contribution in [0, 0.1) is 12.8 Å². The molecule has 1 aliphatic carbocycles. The monoisotopic (exact) mass is 181 g/mol. The van der Waals surface area contributed by atoms with Gasteiger partial charge in [0.25, 0.3) is 0 Å². The van der Waals surface area contributed by atoms with Crippen molar-refractivity contribution in [1.29, 1.82) is 0 Å². The summed E-state index contributed by atoms with van der Waals surface area (Å²) in [5, 5.41) is 0. The van der Waals surface area contributed by atoms with Crippen molar-refractivity contribution in [3.05, 3.63) is 16.6 Å². The number of carbonyl (C=O) groups is 1. The van der Waals surface area contributed by atoms with Gasteiger partial charge in [-0.1, -0.05) is 0 Å². The lowest BCUT2D eigenvalue weighted by Crippen LogP contribution is -1.96. The van der Waals surface area contributed by atoms with E-state index < -0.39 is 0 Å². The standard InChI is InChI=1S/C9H11NOS/c1-6-4-9(12-10-6)8(11)5-7-2-3-7/h4,7H,2-3,5H2,1H3. The number of hydrogen-bond donors (Lipinski definition) is 0. The Bertz CT molecular complexity index is 301. The van der Waals surface area contributed by atoms with Crippen LogP contribution in [0.2, 0.25) is 0 Å². The zero-order valence-corrected chi connectivity index (χ0v) is 7.86. The molecule has 0 unspecified atom stereocenters. The second-order valence-electron chi connectivity index (χ2n) is 3.40. The number of ketones is 1. The lowest BCUT2D eigenvalue weighted by Gasteiger charge is -1.91. The first kappa shape index (κ1) is 7.92. The lowest BCUT2D eigenvalue weighted by molar-refractivity contribution is 0.0980. The van der Waals surface area contributed by atoms with Gasteiger partial charge in [-0.2, -0.15) is 4.37 Å². The Labute approximate surface area is 75.8 Å². The van der Waals surface area contributed by atoms with Crippen molar-refractivity contribution in [2.24, 2.45) is 5.92 Å². The fraction of sp³-hybridized carbons (Fsp3) is 0.556. The molecule has 0 N–H and O–H groups in total. The average molecular weight is 181 g/mol. The van der Waals surface area contributed by atoms with Gasteiger partial charge < -0.3 is 0 Å². The average Bonchev–Trinajstić information content (AvgIpc) is 2.72. The Morgan fingerprint density at radius 3 is 3.00 bits per heavy atom. The van der Waals surface area contributed by atoms with Gasteiger partial charge in [0.1, 0.15) is 0 Å². The van der Waals surface area contributed by atoms with Crippen molar-refractivity contribution < 1.29 is 4.79 Å². The van der Waals surface area contributed by atoms with Crippen molar-refractivity contribution in [3.63, 3.8) is 0 Å². The predicted octanol–water partition coefficient (Wildman–Crippen LogP) is 2.43.